The summed E-state index contributed by atoms with van der Waals surface area (Å²) in [5, 5.41) is 3.02. The molecule has 0 saturated carbocycles. The van der Waals surface area contributed by atoms with Crippen molar-refractivity contribution in [3.63, 3.8) is 0 Å². The minimum Gasteiger partial charge on any atom is -0.489 e. The topological polar surface area (TPSA) is 61.9 Å². The second-order valence-corrected chi connectivity index (χ2v) is 7.22. The Morgan fingerprint density at radius 2 is 1.96 bits per heavy atom. The summed E-state index contributed by atoms with van der Waals surface area (Å²) < 4.78 is 5.85. The first-order chi connectivity index (χ1) is 13.4. The van der Waals surface area contributed by atoms with Gasteiger partial charge in [0.2, 0.25) is 5.91 Å². The van der Waals surface area contributed by atoms with E-state index in [2.05, 4.69) is 12.2 Å². The standard InChI is InChI=1S/C22H27N3O3/c1-5-15-8-6-7-9-18(15)23-21(26)13-17-14-28-20-11-10-16(22(27)24(2)3)12-19(20)25(17)4/h6-12,17H,5,13-14H2,1-4H3,(H,23,26)/t17-/m1/s1. The van der Waals surface area contributed by atoms with Crippen LogP contribution in [0, 0.1) is 0 Å². The molecule has 6 nitrogen and oxygen atoms in total. The largest absolute Gasteiger partial charge is 0.489 e. The molecule has 0 saturated heterocycles. The van der Waals surface area contributed by atoms with Crippen molar-refractivity contribution in [3.05, 3.63) is 53.6 Å². The molecule has 1 aliphatic heterocycles. The van der Waals surface area contributed by atoms with Gasteiger partial charge in [-0.25, -0.2) is 0 Å². The molecule has 1 N–H and O–H groups in total. The van der Waals surface area contributed by atoms with Crippen LogP contribution in [-0.2, 0) is 11.2 Å². The molecule has 1 aliphatic rings. The van der Waals surface area contributed by atoms with Crippen LogP contribution in [0.5, 0.6) is 5.75 Å². The van der Waals surface area contributed by atoms with Gasteiger partial charge in [0, 0.05) is 32.4 Å². The van der Waals surface area contributed by atoms with Gasteiger partial charge in [-0.2, -0.15) is 0 Å². The molecule has 0 aliphatic carbocycles. The van der Waals surface area contributed by atoms with Gasteiger partial charge in [-0.1, -0.05) is 25.1 Å². The third-order valence-electron chi connectivity index (χ3n) is 5.06. The van der Waals surface area contributed by atoms with E-state index in [0.717, 1.165) is 29.1 Å². The number of fused-ring (bicyclic) bond motifs is 1. The SMILES string of the molecule is CCc1ccccc1NC(=O)C[C@@H]1COc2ccc(C(=O)N(C)C)cc2N1C. The quantitative estimate of drug-likeness (QED) is 0.864. The Bertz CT molecular complexity index is 879. The van der Waals surface area contributed by atoms with E-state index in [1.54, 1.807) is 25.1 Å². The first kappa shape index (κ1) is 19.7. The molecule has 28 heavy (non-hydrogen) atoms. The fourth-order valence-electron chi connectivity index (χ4n) is 3.36. The van der Waals surface area contributed by atoms with E-state index >= 15 is 0 Å². The highest BCUT2D eigenvalue weighted by molar-refractivity contribution is 5.96. The predicted octanol–water partition coefficient (Wildman–Crippen LogP) is 3.18. The highest BCUT2D eigenvalue weighted by Crippen LogP contribution is 2.34. The van der Waals surface area contributed by atoms with Crippen LogP contribution in [0.1, 0.15) is 29.3 Å². The summed E-state index contributed by atoms with van der Waals surface area (Å²) >= 11 is 0. The van der Waals surface area contributed by atoms with Gasteiger partial charge in [-0.05, 0) is 36.2 Å². The first-order valence-electron chi connectivity index (χ1n) is 9.49. The van der Waals surface area contributed by atoms with Crippen molar-refractivity contribution < 1.29 is 14.3 Å². The predicted molar refractivity (Wildman–Crippen MR) is 111 cm³/mol. The van der Waals surface area contributed by atoms with Crippen LogP contribution in [-0.4, -0.2) is 50.5 Å². The molecular formula is C22H27N3O3. The Morgan fingerprint density at radius 3 is 2.68 bits per heavy atom. The number of amides is 2. The molecule has 0 unspecified atom stereocenters. The molecule has 6 heteroatoms. The van der Waals surface area contributed by atoms with E-state index in [-0.39, 0.29) is 17.9 Å². The molecule has 0 aromatic heterocycles. The number of ether oxygens (including phenoxy) is 1. The molecule has 0 bridgehead atoms. The molecule has 148 valence electrons. The number of nitrogens with zero attached hydrogens (tertiary/aromatic N) is 2. The monoisotopic (exact) mass is 381 g/mol. The summed E-state index contributed by atoms with van der Waals surface area (Å²) in [6.07, 6.45) is 1.17. The lowest BCUT2D eigenvalue weighted by Gasteiger charge is -2.36. The van der Waals surface area contributed by atoms with Crippen molar-refractivity contribution in [2.24, 2.45) is 0 Å². The van der Waals surface area contributed by atoms with Crippen molar-refractivity contribution in [3.8, 4) is 5.75 Å². The van der Waals surface area contributed by atoms with Crippen LogP contribution >= 0.6 is 0 Å². The average Bonchev–Trinajstić information content (AvgIpc) is 2.69. The fourth-order valence-corrected chi connectivity index (χ4v) is 3.36. The minimum atomic E-state index is -0.106. The van der Waals surface area contributed by atoms with Gasteiger partial charge in [-0.15, -0.1) is 0 Å². The minimum absolute atomic E-state index is 0.0506. The normalized spacial score (nSPS) is 15.4. The Hall–Kier alpha value is -3.02. The summed E-state index contributed by atoms with van der Waals surface area (Å²) in [6, 6.07) is 13.1. The molecule has 1 atom stereocenters. The average molecular weight is 381 g/mol. The zero-order valence-electron chi connectivity index (χ0n) is 16.9. The highest BCUT2D eigenvalue weighted by Gasteiger charge is 2.28. The maximum absolute atomic E-state index is 12.6. The van der Waals surface area contributed by atoms with Gasteiger partial charge in [0.1, 0.15) is 12.4 Å². The van der Waals surface area contributed by atoms with Crippen molar-refractivity contribution in [1.82, 2.24) is 4.90 Å². The number of benzene rings is 2. The first-order valence-corrected chi connectivity index (χ1v) is 9.49. The number of anilines is 2. The zero-order valence-corrected chi connectivity index (χ0v) is 16.9. The van der Waals surface area contributed by atoms with Crippen molar-refractivity contribution in [1.29, 1.82) is 0 Å². The summed E-state index contributed by atoms with van der Waals surface area (Å²) in [5.41, 5.74) is 3.39. The van der Waals surface area contributed by atoms with E-state index in [9.17, 15) is 9.59 Å². The molecule has 2 aromatic carbocycles. The third kappa shape index (κ3) is 4.11. The molecule has 0 spiro atoms. The number of carbonyl (C=O) groups is 2. The Balaban J connectivity index is 1.73. The number of carbonyl (C=O) groups excluding carboxylic acids is 2. The Morgan fingerprint density at radius 1 is 1.21 bits per heavy atom. The highest BCUT2D eigenvalue weighted by atomic mass is 16.5. The van der Waals surface area contributed by atoms with Gasteiger partial charge in [0.25, 0.3) is 5.91 Å². The summed E-state index contributed by atoms with van der Waals surface area (Å²) in [6.45, 7) is 2.49. The van der Waals surface area contributed by atoms with Gasteiger partial charge in [0.05, 0.1) is 18.2 Å². The number of likely N-dealkylation sites (N-methyl/N-ethyl adjacent to an activating group) is 1. The number of aryl methyl sites for hydroxylation is 1. The lowest BCUT2D eigenvalue weighted by Crippen LogP contribution is -2.42. The molecule has 3 rings (SSSR count). The van der Waals surface area contributed by atoms with E-state index in [1.165, 1.54) is 0 Å². The van der Waals surface area contributed by atoms with E-state index in [4.69, 9.17) is 4.74 Å². The van der Waals surface area contributed by atoms with Crippen LogP contribution in [0.3, 0.4) is 0 Å². The molecule has 1 heterocycles. The van der Waals surface area contributed by atoms with E-state index in [0.29, 0.717) is 18.6 Å². The Kier molecular flexibility index (Phi) is 5.87. The molecule has 0 fully saturated rings. The maximum Gasteiger partial charge on any atom is 0.253 e. The van der Waals surface area contributed by atoms with Crippen LogP contribution in [0.2, 0.25) is 0 Å². The van der Waals surface area contributed by atoms with Crippen molar-refractivity contribution >= 4 is 23.2 Å². The molecule has 2 amide bonds. The number of rotatable bonds is 5. The van der Waals surface area contributed by atoms with Gasteiger partial charge in [-0.3, -0.25) is 9.59 Å². The lowest BCUT2D eigenvalue weighted by atomic mass is 10.1. The summed E-state index contributed by atoms with van der Waals surface area (Å²) in [5.74, 6) is 0.614. The van der Waals surface area contributed by atoms with Crippen LogP contribution in [0.25, 0.3) is 0 Å². The third-order valence-corrected chi connectivity index (χ3v) is 5.06. The van der Waals surface area contributed by atoms with Crippen molar-refractivity contribution in [2.45, 2.75) is 25.8 Å². The number of para-hydroxylation sites is 1. The van der Waals surface area contributed by atoms with Gasteiger partial charge < -0.3 is 19.9 Å². The zero-order chi connectivity index (χ0) is 20.3. The van der Waals surface area contributed by atoms with Gasteiger partial charge >= 0.3 is 0 Å². The number of hydrogen-bond acceptors (Lipinski definition) is 4. The van der Waals surface area contributed by atoms with Crippen LogP contribution < -0.4 is 15.0 Å². The van der Waals surface area contributed by atoms with E-state index in [1.807, 2.05) is 48.3 Å². The lowest BCUT2D eigenvalue weighted by molar-refractivity contribution is -0.116. The van der Waals surface area contributed by atoms with Crippen LogP contribution in [0.4, 0.5) is 11.4 Å². The second kappa shape index (κ2) is 8.33. The maximum atomic E-state index is 12.6. The smallest absolute Gasteiger partial charge is 0.253 e. The summed E-state index contributed by atoms with van der Waals surface area (Å²) in [7, 11) is 5.38. The number of hydrogen-bond donors (Lipinski definition) is 1. The van der Waals surface area contributed by atoms with Gasteiger partial charge in [0.15, 0.2) is 0 Å². The molecular weight excluding hydrogens is 354 g/mol. The number of nitrogens with one attached hydrogen (secondary N) is 1. The Labute approximate surface area is 166 Å². The molecule has 2 aromatic rings. The van der Waals surface area contributed by atoms with E-state index < -0.39 is 0 Å². The summed E-state index contributed by atoms with van der Waals surface area (Å²) in [4.78, 5) is 28.4. The second-order valence-electron chi connectivity index (χ2n) is 7.22. The fraction of sp³-hybridized carbons (Fsp3) is 0.364. The molecule has 0 radical (unpaired) electrons. The van der Waals surface area contributed by atoms with Crippen molar-refractivity contribution in [2.75, 3.05) is 38.0 Å². The van der Waals surface area contributed by atoms with Crippen LogP contribution in [0.15, 0.2) is 42.5 Å².